The van der Waals surface area contributed by atoms with Gasteiger partial charge in [0.05, 0.1) is 5.56 Å². The lowest BCUT2D eigenvalue weighted by atomic mass is 9.98. The minimum absolute atomic E-state index is 0.0155. The summed E-state index contributed by atoms with van der Waals surface area (Å²) < 4.78 is 31.9. The number of hydrogen-bond donors (Lipinski definition) is 0. The van der Waals surface area contributed by atoms with Crippen molar-refractivity contribution in [3.05, 3.63) is 65.7 Å². The number of benzene rings is 2. The van der Waals surface area contributed by atoms with Crippen LogP contribution in [0.1, 0.15) is 36.2 Å². The smallest absolute Gasteiger partial charge is 0.330 e. The number of nitrogens with zero attached hydrogens (tertiary/aromatic N) is 1. The number of carbonyl (C=O) groups is 2. The van der Waals surface area contributed by atoms with Crippen LogP contribution in [0.2, 0.25) is 0 Å². The van der Waals surface area contributed by atoms with Gasteiger partial charge in [0.2, 0.25) is 0 Å². The molecule has 0 fully saturated rings. The molecule has 0 aromatic heterocycles. The summed E-state index contributed by atoms with van der Waals surface area (Å²) in [5, 5.41) is 0. The summed E-state index contributed by atoms with van der Waals surface area (Å²) in [6.07, 6.45) is 0.515. The number of amides is 1. The van der Waals surface area contributed by atoms with Crippen molar-refractivity contribution >= 4 is 21.9 Å². The Kier molecular flexibility index (Phi) is 5.32. The summed E-state index contributed by atoms with van der Waals surface area (Å²) in [5.74, 6) is -1.80. The molecule has 1 unspecified atom stereocenters. The zero-order chi connectivity index (χ0) is 19.6. The molecule has 27 heavy (non-hydrogen) atoms. The number of rotatable bonds is 6. The monoisotopic (exact) mass is 387 g/mol. The lowest BCUT2D eigenvalue weighted by molar-refractivity contribution is -0.150. The lowest BCUT2D eigenvalue weighted by Gasteiger charge is -2.29. The van der Waals surface area contributed by atoms with E-state index in [4.69, 9.17) is 4.74 Å². The SMILES string of the molecule is CCC(C)[C@H](C(=O)OCc1ccccc1)N1C(=O)c2ccccc2S1(=O)=O. The summed E-state index contributed by atoms with van der Waals surface area (Å²) in [6.45, 7) is 3.59. The van der Waals surface area contributed by atoms with Crippen molar-refractivity contribution < 1.29 is 22.7 Å². The minimum Gasteiger partial charge on any atom is -0.459 e. The fraction of sp³-hybridized carbons (Fsp3) is 0.300. The van der Waals surface area contributed by atoms with E-state index in [1.807, 2.05) is 25.1 Å². The van der Waals surface area contributed by atoms with Crippen molar-refractivity contribution in [2.24, 2.45) is 5.92 Å². The second kappa shape index (κ2) is 7.52. The fourth-order valence-corrected chi connectivity index (χ4v) is 4.88. The third-order valence-electron chi connectivity index (χ3n) is 4.76. The van der Waals surface area contributed by atoms with Gasteiger partial charge in [-0.3, -0.25) is 4.79 Å². The maximum absolute atomic E-state index is 12.9. The highest BCUT2D eigenvalue weighted by molar-refractivity contribution is 7.90. The third-order valence-corrected chi connectivity index (χ3v) is 6.58. The minimum atomic E-state index is -4.09. The van der Waals surface area contributed by atoms with E-state index in [1.165, 1.54) is 12.1 Å². The number of hydrogen-bond acceptors (Lipinski definition) is 5. The van der Waals surface area contributed by atoms with E-state index >= 15 is 0 Å². The number of esters is 1. The van der Waals surface area contributed by atoms with Crippen LogP contribution in [-0.4, -0.2) is 30.6 Å². The van der Waals surface area contributed by atoms with Crippen molar-refractivity contribution in [2.45, 2.75) is 37.8 Å². The highest BCUT2D eigenvalue weighted by atomic mass is 32.2. The van der Waals surface area contributed by atoms with Gasteiger partial charge in [-0.25, -0.2) is 17.5 Å². The van der Waals surface area contributed by atoms with Crippen molar-refractivity contribution in [3.8, 4) is 0 Å². The summed E-state index contributed by atoms with van der Waals surface area (Å²) in [7, 11) is -4.09. The van der Waals surface area contributed by atoms with Gasteiger partial charge in [-0.15, -0.1) is 0 Å². The molecular formula is C20H21NO5S. The van der Waals surface area contributed by atoms with E-state index in [1.54, 1.807) is 31.2 Å². The molecule has 6 nitrogen and oxygen atoms in total. The standard InChI is InChI=1S/C20H21NO5S/c1-3-14(2)18(20(23)26-13-15-9-5-4-6-10-15)21-19(22)16-11-7-8-12-17(16)27(21,24)25/h4-12,14,18H,3,13H2,1-2H3/t14?,18-/m1/s1. The van der Waals surface area contributed by atoms with Crippen LogP contribution in [0.3, 0.4) is 0 Å². The molecule has 2 atom stereocenters. The zero-order valence-corrected chi connectivity index (χ0v) is 16.0. The van der Waals surface area contributed by atoms with Gasteiger partial charge in [0.1, 0.15) is 17.5 Å². The Hall–Kier alpha value is -2.67. The number of fused-ring (bicyclic) bond motifs is 1. The Morgan fingerprint density at radius 2 is 1.70 bits per heavy atom. The van der Waals surface area contributed by atoms with Crippen LogP contribution in [0.4, 0.5) is 0 Å². The van der Waals surface area contributed by atoms with Crippen LogP contribution in [0.25, 0.3) is 0 Å². The maximum Gasteiger partial charge on any atom is 0.330 e. The summed E-state index contributed by atoms with van der Waals surface area (Å²) in [4.78, 5) is 25.5. The fourth-order valence-electron chi connectivity index (χ4n) is 3.07. The van der Waals surface area contributed by atoms with Gasteiger partial charge >= 0.3 is 5.97 Å². The van der Waals surface area contributed by atoms with Crippen LogP contribution < -0.4 is 0 Å². The van der Waals surface area contributed by atoms with Gasteiger partial charge in [0.25, 0.3) is 15.9 Å². The zero-order valence-electron chi connectivity index (χ0n) is 15.2. The Morgan fingerprint density at radius 3 is 2.33 bits per heavy atom. The van der Waals surface area contributed by atoms with Crippen molar-refractivity contribution in [1.82, 2.24) is 4.31 Å². The second-order valence-electron chi connectivity index (χ2n) is 6.53. The maximum atomic E-state index is 12.9. The molecule has 1 aliphatic rings. The Bertz CT molecular complexity index is 955. The molecular weight excluding hydrogens is 366 g/mol. The molecule has 142 valence electrons. The molecule has 1 amide bonds. The van der Waals surface area contributed by atoms with Crippen LogP contribution in [0.15, 0.2) is 59.5 Å². The van der Waals surface area contributed by atoms with E-state index in [0.29, 0.717) is 10.7 Å². The molecule has 0 N–H and O–H groups in total. The van der Waals surface area contributed by atoms with Gasteiger partial charge in [0.15, 0.2) is 0 Å². The molecule has 0 aliphatic carbocycles. The van der Waals surface area contributed by atoms with E-state index in [0.717, 1.165) is 5.56 Å². The Morgan fingerprint density at radius 1 is 1.07 bits per heavy atom. The van der Waals surface area contributed by atoms with Crippen LogP contribution in [-0.2, 0) is 26.2 Å². The van der Waals surface area contributed by atoms with E-state index in [9.17, 15) is 18.0 Å². The molecule has 1 aliphatic heterocycles. The molecule has 2 aromatic carbocycles. The quantitative estimate of drug-likeness (QED) is 0.712. The highest BCUT2D eigenvalue weighted by Gasteiger charge is 2.49. The molecule has 0 saturated heterocycles. The van der Waals surface area contributed by atoms with Gasteiger partial charge in [-0.05, 0) is 23.6 Å². The van der Waals surface area contributed by atoms with E-state index in [-0.39, 0.29) is 23.0 Å². The molecule has 0 radical (unpaired) electrons. The Labute approximate surface area is 158 Å². The normalized spacial score (nSPS) is 17.3. The molecule has 0 bridgehead atoms. The van der Waals surface area contributed by atoms with E-state index in [2.05, 4.69) is 0 Å². The molecule has 0 saturated carbocycles. The van der Waals surface area contributed by atoms with E-state index < -0.39 is 27.9 Å². The second-order valence-corrected chi connectivity index (χ2v) is 8.31. The predicted molar refractivity (Wildman–Crippen MR) is 99.3 cm³/mol. The number of carbonyl (C=O) groups excluding carboxylic acids is 2. The first-order chi connectivity index (χ1) is 12.9. The van der Waals surface area contributed by atoms with Gasteiger partial charge in [-0.2, -0.15) is 0 Å². The largest absolute Gasteiger partial charge is 0.459 e. The topological polar surface area (TPSA) is 80.8 Å². The Balaban J connectivity index is 1.91. The summed E-state index contributed by atoms with van der Waals surface area (Å²) >= 11 is 0. The first kappa shape index (κ1) is 19.1. The first-order valence-corrected chi connectivity index (χ1v) is 10.2. The van der Waals surface area contributed by atoms with Gasteiger partial charge in [-0.1, -0.05) is 62.7 Å². The number of ether oxygens (including phenoxy) is 1. The van der Waals surface area contributed by atoms with Crippen molar-refractivity contribution in [1.29, 1.82) is 0 Å². The average Bonchev–Trinajstić information content (AvgIpc) is 2.88. The molecule has 2 aromatic rings. The summed E-state index contributed by atoms with van der Waals surface area (Å²) in [5.41, 5.74) is 0.870. The van der Waals surface area contributed by atoms with Gasteiger partial charge in [0, 0.05) is 0 Å². The van der Waals surface area contributed by atoms with Crippen molar-refractivity contribution in [3.63, 3.8) is 0 Å². The molecule has 7 heteroatoms. The van der Waals surface area contributed by atoms with Crippen LogP contribution >= 0.6 is 0 Å². The lowest BCUT2D eigenvalue weighted by Crippen LogP contribution is -2.49. The number of sulfonamides is 1. The van der Waals surface area contributed by atoms with Crippen LogP contribution in [0, 0.1) is 5.92 Å². The molecule has 3 rings (SSSR count). The summed E-state index contributed by atoms with van der Waals surface area (Å²) in [6, 6.07) is 13.9. The molecule has 1 heterocycles. The predicted octanol–water partition coefficient (Wildman–Crippen LogP) is 2.99. The van der Waals surface area contributed by atoms with Gasteiger partial charge < -0.3 is 4.74 Å². The third kappa shape index (κ3) is 3.47. The highest BCUT2D eigenvalue weighted by Crippen LogP contribution is 2.34. The molecule has 0 spiro atoms. The van der Waals surface area contributed by atoms with Crippen molar-refractivity contribution in [2.75, 3.05) is 0 Å². The van der Waals surface area contributed by atoms with Crippen LogP contribution in [0.5, 0.6) is 0 Å². The first-order valence-electron chi connectivity index (χ1n) is 8.76. The average molecular weight is 387 g/mol.